The van der Waals surface area contributed by atoms with E-state index in [2.05, 4.69) is 62.9 Å². The van der Waals surface area contributed by atoms with Crippen molar-refractivity contribution in [2.24, 2.45) is 5.73 Å². The second-order valence-electron chi connectivity index (χ2n) is 6.01. The molecule has 0 saturated carbocycles. The molecule has 21 heavy (non-hydrogen) atoms. The van der Waals surface area contributed by atoms with Gasteiger partial charge in [-0.1, -0.05) is 22.0 Å². The average molecular weight is 365 g/mol. The molecule has 1 unspecified atom stereocenters. The van der Waals surface area contributed by atoms with Crippen molar-refractivity contribution < 1.29 is 0 Å². The Morgan fingerprint density at radius 3 is 2.90 bits per heavy atom. The summed E-state index contributed by atoms with van der Waals surface area (Å²) in [6.07, 6.45) is 3.29. The van der Waals surface area contributed by atoms with Gasteiger partial charge in [-0.05, 0) is 72.0 Å². The predicted molar refractivity (Wildman–Crippen MR) is 93.7 cm³/mol. The average Bonchev–Trinajstić information content (AvgIpc) is 2.99. The van der Waals surface area contributed by atoms with Crippen LogP contribution in [0.3, 0.4) is 0 Å². The maximum atomic E-state index is 6.21. The summed E-state index contributed by atoms with van der Waals surface area (Å²) in [4.78, 5) is 2.46. The number of nitrogens with zero attached hydrogens (tertiary/aromatic N) is 1. The lowest BCUT2D eigenvalue weighted by atomic mass is 9.77. The summed E-state index contributed by atoms with van der Waals surface area (Å²) in [6.45, 7) is 1.69. The first-order valence-electron chi connectivity index (χ1n) is 7.33. The van der Waals surface area contributed by atoms with Crippen LogP contribution in [-0.4, -0.2) is 24.0 Å². The molecule has 0 saturated heterocycles. The van der Waals surface area contributed by atoms with E-state index in [9.17, 15) is 0 Å². The van der Waals surface area contributed by atoms with Gasteiger partial charge in [-0.15, -0.1) is 0 Å². The van der Waals surface area contributed by atoms with Gasteiger partial charge in [-0.25, -0.2) is 0 Å². The number of nitrogens with two attached hydrogens (primary N) is 1. The molecule has 3 rings (SSSR count). The van der Waals surface area contributed by atoms with Gasteiger partial charge in [0.15, 0.2) is 0 Å². The normalized spacial score (nSPS) is 21.5. The van der Waals surface area contributed by atoms with Gasteiger partial charge in [0, 0.05) is 23.1 Å². The van der Waals surface area contributed by atoms with E-state index in [0.29, 0.717) is 6.54 Å². The smallest absolute Gasteiger partial charge is 0.0375 e. The van der Waals surface area contributed by atoms with Crippen LogP contribution in [0.25, 0.3) is 0 Å². The van der Waals surface area contributed by atoms with Crippen LogP contribution in [0.2, 0.25) is 0 Å². The van der Waals surface area contributed by atoms with Crippen molar-refractivity contribution in [3.63, 3.8) is 0 Å². The van der Waals surface area contributed by atoms with Gasteiger partial charge in [0.25, 0.3) is 0 Å². The molecule has 2 aromatic rings. The van der Waals surface area contributed by atoms with Crippen LogP contribution in [0, 0.1) is 0 Å². The maximum Gasteiger partial charge on any atom is 0.0375 e. The van der Waals surface area contributed by atoms with Crippen molar-refractivity contribution in [3.05, 3.63) is 56.2 Å². The van der Waals surface area contributed by atoms with Crippen molar-refractivity contribution in [1.82, 2.24) is 4.90 Å². The number of hydrogen-bond acceptors (Lipinski definition) is 3. The number of fused-ring (bicyclic) bond motifs is 1. The van der Waals surface area contributed by atoms with Gasteiger partial charge in [0.2, 0.25) is 0 Å². The number of halogens is 1. The first-order valence-corrected chi connectivity index (χ1v) is 9.06. The zero-order chi connectivity index (χ0) is 14.9. The van der Waals surface area contributed by atoms with Gasteiger partial charge in [-0.3, -0.25) is 4.90 Å². The Hall–Kier alpha value is -0.680. The van der Waals surface area contributed by atoms with E-state index in [1.165, 1.54) is 21.2 Å². The van der Waals surface area contributed by atoms with E-state index in [1.807, 2.05) is 0 Å². The Bertz CT molecular complexity index is 611. The highest BCUT2D eigenvalue weighted by Crippen LogP contribution is 2.34. The maximum absolute atomic E-state index is 6.21. The molecule has 1 aliphatic rings. The Labute approximate surface area is 139 Å². The van der Waals surface area contributed by atoms with Crippen LogP contribution in [-0.2, 0) is 19.4 Å². The van der Waals surface area contributed by atoms with Gasteiger partial charge >= 0.3 is 0 Å². The van der Waals surface area contributed by atoms with Crippen LogP contribution < -0.4 is 5.73 Å². The molecule has 4 heteroatoms. The molecule has 1 heterocycles. The minimum Gasteiger partial charge on any atom is -0.329 e. The topological polar surface area (TPSA) is 29.3 Å². The van der Waals surface area contributed by atoms with Crippen molar-refractivity contribution >= 4 is 27.3 Å². The van der Waals surface area contributed by atoms with Crippen molar-refractivity contribution in [3.8, 4) is 0 Å². The number of likely N-dealkylation sites (N-methyl/N-ethyl adjacent to an activating group) is 1. The molecule has 0 bridgehead atoms. The van der Waals surface area contributed by atoms with E-state index < -0.39 is 0 Å². The highest BCUT2D eigenvalue weighted by Gasteiger charge is 2.36. The van der Waals surface area contributed by atoms with Crippen LogP contribution in [0.4, 0.5) is 0 Å². The first-order chi connectivity index (χ1) is 10.1. The van der Waals surface area contributed by atoms with Crippen molar-refractivity contribution in [2.45, 2.75) is 31.3 Å². The summed E-state index contributed by atoms with van der Waals surface area (Å²) in [5, 5.41) is 4.38. The molecule has 2 nitrogen and oxygen atoms in total. The van der Waals surface area contributed by atoms with Crippen molar-refractivity contribution in [1.29, 1.82) is 0 Å². The third-order valence-electron chi connectivity index (χ3n) is 4.74. The Morgan fingerprint density at radius 2 is 2.19 bits per heavy atom. The lowest BCUT2D eigenvalue weighted by molar-refractivity contribution is 0.101. The van der Waals surface area contributed by atoms with E-state index in [-0.39, 0.29) is 5.54 Å². The second kappa shape index (κ2) is 6.21. The molecule has 2 N–H and O–H groups in total. The molecular formula is C17H21BrN2S. The molecular weight excluding hydrogens is 344 g/mol. The van der Waals surface area contributed by atoms with E-state index in [0.717, 1.165) is 25.8 Å². The van der Waals surface area contributed by atoms with Gasteiger partial charge in [-0.2, -0.15) is 11.3 Å². The molecule has 1 aliphatic carbocycles. The largest absolute Gasteiger partial charge is 0.329 e. The lowest BCUT2D eigenvalue weighted by Crippen LogP contribution is -2.55. The van der Waals surface area contributed by atoms with Gasteiger partial charge in [0.1, 0.15) is 0 Å². The predicted octanol–water partition coefficient (Wildman–Crippen LogP) is 3.83. The second-order valence-corrected chi connectivity index (χ2v) is 7.70. The molecule has 0 radical (unpaired) electrons. The van der Waals surface area contributed by atoms with Crippen LogP contribution in [0.1, 0.15) is 23.1 Å². The Kier molecular flexibility index (Phi) is 4.50. The fraction of sp³-hybridized carbons (Fsp3) is 0.412. The number of benzene rings is 1. The lowest BCUT2D eigenvalue weighted by Gasteiger charge is -2.44. The third kappa shape index (κ3) is 3.09. The molecule has 0 fully saturated rings. The molecule has 1 atom stereocenters. The quantitative estimate of drug-likeness (QED) is 0.892. The SMILES string of the molecule is CN(Cc1ccsc1)C1(CN)CCc2cc(Br)ccc2C1. The van der Waals surface area contributed by atoms with Crippen LogP contribution in [0.5, 0.6) is 0 Å². The monoisotopic (exact) mass is 364 g/mol. The Morgan fingerprint density at radius 1 is 1.33 bits per heavy atom. The van der Waals surface area contributed by atoms with E-state index in [1.54, 1.807) is 11.3 Å². The Balaban J connectivity index is 1.83. The molecule has 1 aromatic heterocycles. The molecule has 0 spiro atoms. The summed E-state index contributed by atoms with van der Waals surface area (Å²) in [7, 11) is 2.22. The van der Waals surface area contributed by atoms with Gasteiger partial charge < -0.3 is 5.73 Å². The van der Waals surface area contributed by atoms with Crippen LogP contribution >= 0.6 is 27.3 Å². The zero-order valence-corrected chi connectivity index (χ0v) is 14.7. The van der Waals surface area contributed by atoms with Gasteiger partial charge in [0.05, 0.1) is 0 Å². The number of rotatable bonds is 4. The first kappa shape index (κ1) is 15.2. The zero-order valence-electron chi connectivity index (χ0n) is 12.3. The highest BCUT2D eigenvalue weighted by molar-refractivity contribution is 9.10. The van der Waals surface area contributed by atoms with Crippen molar-refractivity contribution in [2.75, 3.05) is 13.6 Å². The third-order valence-corrected chi connectivity index (χ3v) is 5.96. The fourth-order valence-corrected chi connectivity index (χ4v) is 4.36. The molecule has 0 aliphatic heterocycles. The summed E-state index contributed by atoms with van der Waals surface area (Å²) in [6, 6.07) is 8.86. The van der Waals surface area contributed by atoms with E-state index >= 15 is 0 Å². The number of thiophene rings is 1. The minimum atomic E-state index is 0.0861. The fourth-order valence-electron chi connectivity index (χ4n) is 3.29. The number of aryl methyl sites for hydroxylation is 1. The summed E-state index contributed by atoms with van der Waals surface area (Å²) >= 11 is 5.33. The van der Waals surface area contributed by atoms with E-state index in [4.69, 9.17) is 5.73 Å². The standard InChI is InChI=1S/C17H21BrN2S/c1-20(10-13-5-7-21-11-13)17(12-19)6-4-14-8-16(18)3-2-15(14)9-17/h2-3,5,7-8,11H,4,6,9-10,12,19H2,1H3. The minimum absolute atomic E-state index is 0.0861. The summed E-state index contributed by atoms with van der Waals surface area (Å²) in [5.41, 5.74) is 10.6. The summed E-state index contributed by atoms with van der Waals surface area (Å²) < 4.78 is 1.17. The molecule has 112 valence electrons. The highest BCUT2D eigenvalue weighted by atomic mass is 79.9. The number of hydrogen-bond donors (Lipinski definition) is 1. The van der Waals surface area contributed by atoms with Crippen LogP contribution in [0.15, 0.2) is 39.5 Å². The summed E-state index contributed by atoms with van der Waals surface area (Å²) in [5.74, 6) is 0. The molecule has 0 amide bonds. The molecule has 1 aromatic carbocycles.